The molecule has 0 saturated carbocycles. The maximum atomic E-state index is 12.1. The molecule has 1 aliphatic heterocycles. The lowest BCUT2D eigenvalue weighted by Gasteiger charge is -2.07. The normalized spacial score (nSPS) is 11.7. The lowest BCUT2D eigenvalue weighted by molar-refractivity contribution is -0.384. The largest absolute Gasteiger partial charge is 0.457 e. The predicted molar refractivity (Wildman–Crippen MR) is 98.7 cm³/mol. The summed E-state index contributed by atoms with van der Waals surface area (Å²) in [4.78, 5) is 34.4. The number of carbonyl (C=O) groups excluding carboxylic acids is 2. The summed E-state index contributed by atoms with van der Waals surface area (Å²) in [6.45, 7) is 0.105. The van der Waals surface area contributed by atoms with Crippen LogP contribution in [0.15, 0.2) is 42.5 Å². The lowest BCUT2D eigenvalue weighted by atomic mass is 10.1. The summed E-state index contributed by atoms with van der Waals surface area (Å²) in [6, 6.07) is 11.0. The molecular formula is C19H18N2O7. The third kappa shape index (κ3) is 4.76. The number of nitrogens with one attached hydrogen (secondary N) is 1. The number of nitrogens with zero attached hydrogens (tertiary/aromatic N) is 1. The van der Waals surface area contributed by atoms with Crippen molar-refractivity contribution < 1.29 is 28.7 Å². The molecule has 0 aliphatic carbocycles. The zero-order valence-electron chi connectivity index (χ0n) is 14.9. The van der Waals surface area contributed by atoms with Crippen LogP contribution in [0, 0.1) is 10.1 Å². The second kappa shape index (κ2) is 8.85. The average molecular weight is 386 g/mol. The molecule has 0 unspecified atom stereocenters. The van der Waals surface area contributed by atoms with Crippen molar-refractivity contribution in [1.29, 1.82) is 0 Å². The van der Waals surface area contributed by atoms with Crippen molar-refractivity contribution in [3.63, 3.8) is 0 Å². The van der Waals surface area contributed by atoms with Crippen LogP contribution in [0.3, 0.4) is 0 Å². The van der Waals surface area contributed by atoms with E-state index in [-0.39, 0.29) is 31.3 Å². The molecule has 0 aromatic heterocycles. The van der Waals surface area contributed by atoms with Crippen LogP contribution in [0.2, 0.25) is 0 Å². The first kappa shape index (κ1) is 19.2. The monoisotopic (exact) mass is 386 g/mol. The zero-order valence-corrected chi connectivity index (χ0v) is 14.9. The minimum absolute atomic E-state index is 0.0283. The van der Waals surface area contributed by atoms with Gasteiger partial charge in [0.05, 0.1) is 4.92 Å². The van der Waals surface area contributed by atoms with E-state index in [1.807, 2.05) is 0 Å². The van der Waals surface area contributed by atoms with Crippen molar-refractivity contribution in [2.24, 2.45) is 0 Å². The predicted octanol–water partition coefficient (Wildman–Crippen LogP) is 2.94. The number of benzene rings is 2. The number of Topliss-reactive ketones (excluding diaryl/α,β-unsaturated/α-hetero) is 1. The smallest absolute Gasteiger partial charge is 0.306 e. The van der Waals surface area contributed by atoms with Crippen molar-refractivity contribution >= 4 is 23.1 Å². The summed E-state index contributed by atoms with van der Waals surface area (Å²) in [5, 5.41) is 13.9. The maximum absolute atomic E-state index is 12.1. The Hall–Kier alpha value is -3.62. The Morgan fingerprint density at radius 3 is 2.75 bits per heavy atom. The van der Waals surface area contributed by atoms with Gasteiger partial charge in [0, 0.05) is 24.6 Å². The van der Waals surface area contributed by atoms with Crippen LogP contribution < -0.4 is 14.8 Å². The zero-order chi connectivity index (χ0) is 19.9. The minimum atomic E-state index is -0.515. The molecule has 9 nitrogen and oxygen atoms in total. The molecule has 9 heteroatoms. The van der Waals surface area contributed by atoms with Gasteiger partial charge in [-0.15, -0.1) is 0 Å². The third-order valence-corrected chi connectivity index (χ3v) is 4.03. The molecule has 0 saturated heterocycles. The molecule has 1 N–H and O–H groups in total. The van der Waals surface area contributed by atoms with Gasteiger partial charge in [0.25, 0.3) is 5.69 Å². The van der Waals surface area contributed by atoms with Gasteiger partial charge in [-0.25, -0.2) is 0 Å². The van der Waals surface area contributed by atoms with Crippen molar-refractivity contribution in [3.05, 3.63) is 58.1 Å². The summed E-state index contributed by atoms with van der Waals surface area (Å²) >= 11 is 0. The van der Waals surface area contributed by atoms with Crippen LogP contribution in [0.5, 0.6) is 11.5 Å². The number of hydrogen-bond donors (Lipinski definition) is 1. The van der Waals surface area contributed by atoms with E-state index in [1.165, 1.54) is 6.07 Å². The lowest BCUT2D eigenvalue weighted by Crippen LogP contribution is -2.15. The van der Waals surface area contributed by atoms with Crippen LogP contribution in [-0.2, 0) is 9.53 Å². The number of ether oxygens (including phenoxy) is 3. The molecule has 0 spiro atoms. The van der Waals surface area contributed by atoms with Crippen molar-refractivity contribution in [2.45, 2.75) is 12.8 Å². The second-order valence-corrected chi connectivity index (χ2v) is 5.96. The Morgan fingerprint density at radius 2 is 1.93 bits per heavy atom. The Bertz CT molecular complexity index is 898. The van der Waals surface area contributed by atoms with Crippen LogP contribution in [0.4, 0.5) is 11.4 Å². The maximum Gasteiger partial charge on any atom is 0.306 e. The van der Waals surface area contributed by atoms with Crippen LogP contribution in [-0.4, -0.2) is 36.6 Å². The number of para-hydroxylation sites is 2. The molecule has 1 aliphatic rings. The quantitative estimate of drug-likeness (QED) is 0.230. The van der Waals surface area contributed by atoms with E-state index in [2.05, 4.69) is 5.32 Å². The van der Waals surface area contributed by atoms with E-state index in [1.54, 1.807) is 36.4 Å². The highest BCUT2D eigenvalue weighted by Crippen LogP contribution is 2.32. The molecule has 146 valence electrons. The number of fused-ring (bicyclic) bond motifs is 1. The molecule has 3 rings (SSSR count). The number of anilines is 1. The number of hydrogen-bond acceptors (Lipinski definition) is 8. The highest BCUT2D eigenvalue weighted by molar-refractivity contribution is 5.98. The average Bonchev–Trinajstić information content (AvgIpc) is 3.17. The van der Waals surface area contributed by atoms with E-state index in [4.69, 9.17) is 14.2 Å². The van der Waals surface area contributed by atoms with E-state index in [9.17, 15) is 19.7 Å². The van der Waals surface area contributed by atoms with Gasteiger partial charge in [0.1, 0.15) is 5.69 Å². The van der Waals surface area contributed by atoms with Crippen molar-refractivity contribution in [3.8, 4) is 11.5 Å². The molecule has 2 aromatic carbocycles. The fourth-order valence-electron chi connectivity index (χ4n) is 2.61. The fourth-order valence-corrected chi connectivity index (χ4v) is 2.61. The molecule has 2 aromatic rings. The Kier molecular flexibility index (Phi) is 6.05. The fraction of sp³-hybridized carbons (Fsp3) is 0.263. The van der Waals surface area contributed by atoms with Crippen molar-refractivity contribution in [1.82, 2.24) is 0 Å². The first-order valence-corrected chi connectivity index (χ1v) is 8.60. The van der Waals surface area contributed by atoms with Gasteiger partial charge in [-0.3, -0.25) is 19.7 Å². The molecule has 28 heavy (non-hydrogen) atoms. The van der Waals surface area contributed by atoms with Gasteiger partial charge in [-0.05, 0) is 30.7 Å². The number of rotatable bonds is 9. The van der Waals surface area contributed by atoms with Crippen LogP contribution in [0.1, 0.15) is 23.2 Å². The van der Waals surface area contributed by atoms with E-state index < -0.39 is 10.9 Å². The number of ketones is 1. The van der Waals surface area contributed by atoms with Gasteiger partial charge >= 0.3 is 5.97 Å². The third-order valence-electron chi connectivity index (χ3n) is 4.03. The Labute approximate surface area is 160 Å². The SMILES string of the molecule is O=C(CCCNc1ccccc1[N+](=O)[O-])OCC(=O)c1ccc2c(c1)OCO2. The summed E-state index contributed by atoms with van der Waals surface area (Å²) in [7, 11) is 0. The topological polar surface area (TPSA) is 117 Å². The van der Waals surface area contributed by atoms with E-state index in [0.717, 1.165) is 0 Å². The molecule has 0 radical (unpaired) electrons. The molecule has 0 fully saturated rings. The molecule has 0 amide bonds. The van der Waals surface area contributed by atoms with Gasteiger partial charge in [-0.1, -0.05) is 12.1 Å². The summed E-state index contributed by atoms with van der Waals surface area (Å²) in [6.07, 6.45) is 0.491. The Morgan fingerprint density at radius 1 is 1.14 bits per heavy atom. The molecular weight excluding hydrogens is 368 g/mol. The minimum Gasteiger partial charge on any atom is -0.457 e. The standard InChI is InChI=1S/C19H18N2O7/c22-16(13-7-8-17-18(10-13)28-12-27-17)11-26-19(23)6-3-9-20-14-4-1-2-5-15(14)21(24)25/h1-2,4-5,7-8,10,20H,3,6,9,11-12H2. The number of esters is 1. The number of nitro benzene ring substituents is 1. The van der Waals surface area contributed by atoms with Crippen LogP contribution >= 0.6 is 0 Å². The van der Waals surface area contributed by atoms with Gasteiger partial charge in [-0.2, -0.15) is 0 Å². The van der Waals surface area contributed by atoms with Gasteiger partial charge in [0.2, 0.25) is 6.79 Å². The Balaban J connectivity index is 1.39. The number of nitro groups is 1. The number of carbonyl (C=O) groups is 2. The second-order valence-electron chi connectivity index (χ2n) is 5.96. The van der Waals surface area contributed by atoms with Crippen LogP contribution in [0.25, 0.3) is 0 Å². The summed E-state index contributed by atoms with van der Waals surface area (Å²) in [5.41, 5.74) is 0.730. The van der Waals surface area contributed by atoms with E-state index >= 15 is 0 Å². The first-order valence-electron chi connectivity index (χ1n) is 8.60. The molecule has 0 atom stereocenters. The highest BCUT2D eigenvalue weighted by Gasteiger charge is 2.17. The summed E-state index contributed by atoms with van der Waals surface area (Å²) < 4.78 is 15.4. The summed E-state index contributed by atoms with van der Waals surface area (Å²) in [5.74, 6) is 0.195. The highest BCUT2D eigenvalue weighted by atomic mass is 16.7. The van der Waals surface area contributed by atoms with Gasteiger partial charge < -0.3 is 19.5 Å². The molecule has 0 bridgehead atoms. The first-order chi connectivity index (χ1) is 13.5. The van der Waals surface area contributed by atoms with E-state index in [0.29, 0.717) is 35.7 Å². The molecule has 1 heterocycles. The van der Waals surface area contributed by atoms with Crippen molar-refractivity contribution in [2.75, 3.05) is 25.3 Å². The van der Waals surface area contributed by atoms with Gasteiger partial charge in [0.15, 0.2) is 23.9 Å².